The summed E-state index contributed by atoms with van der Waals surface area (Å²) in [7, 11) is 0. The Balaban J connectivity index is 1.97. The molecule has 84 valence electrons. The molecule has 1 aromatic rings. The van der Waals surface area contributed by atoms with Gasteiger partial charge in [0.25, 0.3) is 0 Å². The largest absolute Gasteiger partial charge is 0.398 e. The normalized spacial score (nSPS) is 22.5. The molecule has 1 aliphatic rings. The molecule has 3 heteroatoms. The van der Waals surface area contributed by atoms with Crippen molar-refractivity contribution in [2.45, 2.75) is 32.2 Å². The lowest BCUT2D eigenvalue weighted by molar-refractivity contribution is 0.693. The Morgan fingerprint density at radius 1 is 1.56 bits per heavy atom. The van der Waals surface area contributed by atoms with E-state index in [4.69, 9.17) is 11.0 Å². The summed E-state index contributed by atoms with van der Waals surface area (Å²) in [6.45, 7) is 2.22. The summed E-state index contributed by atoms with van der Waals surface area (Å²) < 4.78 is 0. The first-order chi connectivity index (χ1) is 7.74. The number of anilines is 2. The van der Waals surface area contributed by atoms with Crippen LogP contribution in [0.4, 0.5) is 11.4 Å². The number of nitrogen functional groups attached to an aromatic ring is 1. The van der Waals surface area contributed by atoms with Crippen molar-refractivity contribution in [3.63, 3.8) is 0 Å². The van der Waals surface area contributed by atoms with Crippen molar-refractivity contribution in [2.24, 2.45) is 5.92 Å². The maximum absolute atomic E-state index is 8.77. The van der Waals surface area contributed by atoms with Crippen LogP contribution in [0.2, 0.25) is 0 Å². The highest BCUT2D eigenvalue weighted by atomic mass is 15.0. The number of nitrogens with zero attached hydrogens (tertiary/aromatic N) is 1. The molecule has 0 aromatic heterocycles. The molecule has 0 bridgehead atoms. The minimum Gasteiger partial charge on any atom is -0.398 e. The van der Waals surface area contributed by atoms with Crippen molar-refractivity contribution in [1.29, 1.82) is 5.26 Å². The Kier molecular flexibility index (Phi) is 3.00. The molecular weight excluding hydrogens is 198 g/mol. The van der Waals surface area contributed by atoms with Gasteiger partial charge in [0, 0.05) is 11.7 Å². The average Bonchev–Trinajstić information content (AvgIpc) is 2.97. The number of nitriles is 1. The van der Waals surface area contributed by atoms with Gasteiger partial charge < -0.3 is 11.1 Å². The van der Waals surface area contributed by atoms with Crippen molar-refractivity contribution < 1.29 is 0 Å². The molecule has 1 fully saturated rings. The Morgan fingerprint density at radius 2 is 2.38 bits per heavy atom. The van der Waals surface area contributed by atoms with Gasteiger partial charge >= 0.3 is 0 Å². The minimum atomic E-state index is 0.548. The van der Waals surface area contributed by atoms with Crippen LogP contribution in [0.15, 0.2) is 18.2 Å². The van der Waals surface area contributed by atoms with Crippen LogP contribution in [0.1, 0.15) is 31.7 Å². The lowest BCUT2D eigenvalue weighted by Crippen LogP contribution is -2.05. The topological polar surface area (TPSA) is 61.8 Å². The van der Waals surface area contributed by atoms with Crippen LogP contribution in [-0.2, 0) is 0 Å². The van der Waals surface area contributed by atoms with Crippen LogP contribution < -0.4 is 11.1 Å². The summed E-state index contributed by atoms with van der Waals surface area (Å²) in [6.07, 6.45) is 3.80. The fraction of sp³-hybridized carbons (Fsp3) is 0.462. The van der Waals surface area contributed by atoms with Crippen molar-refractivity contribution in [1.82, 2.24) is 0 Å². The zero-order valence-electron chi connectivity index (χ0n) is 9.53. The van der Waals surface area contributed by atoms with Gasteiger partial charge in [0.2, 0.25) is 0 Å². The fourth-order valence-corrected chi connectivity index (χ4v) is 2.08. The van der Waals surface area contributed by atoms with E-state index in [1.807, 2.05) is 12.1 Å². The number of nitrogens with two attached hydrogens (primary N) is 1. The van der Waals surface area contributed by atoms with Crippen molar-refractivity contribution in [2.75, 3.05) is 11.1 Å². The van der Waals surface area contributed by atoms with Crippen LogP contribution in [0.3, 0.4) is 0 Å². The molecule has 0 saturated heterocycles. The highest BCUT2D eigenvalue weighted by Crippen LogP contribution is 2.37. The zero-order valence-corrected chi connectivity index (χ0v) is 9.53. The molecule has 2 rings (SSSR count). The van der Waals surface area contributed by atoms with Crippen LogP contribution in [0.25, 0.3) is 0 Å². The van der Waals surface area contributed by atoms with E-state index in [9.17, 15) is 0 Å². The van der Waals surface area contributed by atoms with Crippen molar-refractivity contribution in [3.8, 4) is 6.07 Å². The second-order valence-electron chi connectivity index (χ2n) is 4.45. The van der Waals surface area contributed by atoms with E-state index in [1.165, 1.54) is 19.3 Å². The smallest absolute Gasteiger partial charge is 0.101 e. The summed E-state index contributed by atoms with van der Waals surface area (Å²) >= 11 is 0. The molecule has 0 radical (unpaired) electrons. The van der Waals surface area contributed by atoms with Crippen LogP contribution in [0, 0.1) is 17.2 Å². The Bertz CT molecular complexity index is 420. The molecule has 2 atom stereocenters. The first-order valence-electron chi connectivity index (χ1n) is 5.80. The Morgan fingerprint density at radius 3 is 3.00 bits per heavy atom. The van der Waals surface area contributed by atoms with E-state index < -0.39 is 0 Å². The third-order valence-corrected chi connectivity index (χ3v) is 3.11. The summed E-state index contributed by atoms with van der Waals surface area (Å²) in [5.41, 5.74) is 7.89. The van der Waals surface area contributed by atoms with Crippen LogP contribution in [0.5, 0.6) is 0 Å². The standard InChI is InChI=1S/C13H17N3/c1-2-3-9-6-13(9)16-11-5-4-10(8-14)12(15)7-11/h4-5,7,9,13,16H,2-3,6,15H2,1H3. The molecule has 2 unspecified atom stereocenters. The molecular formula is C13H17N3. The highest BCUT2D eigenvalue weighted by Gasteiger charge is 2.35. The molecule has 1 saturated carbocycles. The molecule has 1 aliphatic carbocycles. The van der Waals surface area contributed by atoms with Gasteiger partial charge in [0.05, 0.1) is 11.3 Å². The van der Waals surface area contributed by atoms with E-state index in [1.54, 1.807) is 6.07 Å². The first-order valence-corrected chi connectivity index (χ1v) is 5.80. The quantitative estimate of drug-likeness (QED) is 0.759. The SMILES string of the molecule is CCCC1CC1Nc1ccc(C#N)c(N)c1. The third kappa shape index (κ3) is 2.27. The number of nitrogens with one attached hydrogen (secondary N) is 1. The molecule has 0 aliphatic heterocycles. The summed E-state index contributed by atoms with van der Waals surface area (Å²) in [5, 5.41) is 12.2. The molecule has 3 nitrogen and oxygen atoms in total. The summed E-state index contributed by atoms with van der Waals surface area (Å²) in [4.78, 5) is 0. The second-order valence-corrected chi connectivity index (χ2v) is 4.45. The lowest BCUT2D eigenvalue weighted by Gasteiger charge is -2.07. The fourth-order valence-electron chi connectivity index (χ4n) is 2.08. The van der Waals surface area contributed by atoms with Gasteiger partial charge in [0.1, 0.15) is 6.07 Å². The Labute approximate surface area is 96.3 Å². The highest BCUT2D eigenvalue weighted by molar-refractivity contribution is 5.63. The van der Waals surface area contributed by atoms with Gasteiger partial charge in [0.15, 0.2) is 0 Å². The van der Waals surface area contributed by atoms with E-state index in [0.717, 1.165) is 11.6 Å². The number of rotatable bonds is 4. The minimum absolute atomic E-state index is 0.548. The van der Waals surface area contributed by atoms with E-state index in [-0.39, 0.29) is 0 Å². The average molecular weight is 215 g/mol. The van der Waals surface area contributed by atoms with Crippen molar-refractivity contribution in [3.05, 3.63) is 23.8 Å². The number of hydrogen-bond donors (Lipinski definition) is 2. The third-order valence-electron chi connectivity index (χ3n) is 3.11. The van der Waals surface area contributed by atoms with Gasteiger partial charge in [-0.3, -0.25) is 0 Å². The van der Waals surface area contributed by atoms with Gasteiger partial charge in [-0.2, -0.15) is 5.26 Å². The van der Waals surface area contributed by atoms with E-state index in [0.29, 0.717) is 17.3 Å². The molecule has 0 amide bonds. The van der Waals surface area contributed by atoms with Gasteiger partial charge in [-0.05, 0) is 37.0 Å². The van der Waals surface area contributed by atoms with Gasteiger partial charge in [-0.15, -0.1) is 0 Å². The predicted octanol–water partition coefficient (Wildman–Crippen LogP) is 2.74. The molecule has 0 heterocycles. The molecule has 1 aromatic carbocycles. The maximum atomic E-state index is 8.77. The van der Waals surface area contributed by atoms with Gasteiger partial charge in [-0.1, -0.05) is 13.3 Å². The summed E-state index contributed by atoms with van der Waals surface area (Å²) in [6, 6.07) is 8.22. The molecule has 3 N–H and O–H groups in total. The van der Waals surface area contributed by atoms with Crippen molar-refractivity contribution >= 4 is 11.4 Å². The molecule has 16 heavy (non-hydrogen) atoms. The summed E-state index contributed by atoms with van der Waals surface area (Å²) in [5.74, 6) is 0.821. The van der Waals surface area contributed by atoms with Crippen LogP contribution >= 0.6 is 0 Å². The molecule has 0 spiro atoms. The van der Waals surface area contributed by atoms with E-state index in [2.05, 4.69) is 18.3 Å². The zero-order chi connectivity index (χ0) is 11.5. The number of benzene rings is 1. The predicted molar refractivity (Wildman–Crippen MR) is 66.0 cm³/mol. The van der Waals surface area contributed by atoms with Gasteiger partial charge in [-0.25, -0.2) is 0 Å². The monoisotopic (exact) mass is 215 g/mol. The Hall–Kier alpha value is -1.69. The first kappa shape index (κ1) is 10.8. The van der Waals surface area contributed by atoms with Crippen LogP contribution in [-0.4, -0.2) is 6.04 Å². The lowest BCUT2D eigenvalue weighted by atomic mass is 10.2. The second kappa shape index (κ2) is 4.44. The van der Waals surface area contributed by atoms with E-state index >= 15 is 0 Å². The number of hydrogen-bond acceptors (Lipinski definition) is 3. The maximum Gasteiger partial charge on any atom is 0.101 e.